The molecule has 1 fully saturated rings. The van der Waals surface area contributed by atoms with Gasteiger partial charge >= 0.3 is 0 Å². The predicted molar refractivity (Wildman–Crippen MR) is 113 cm³/mol. The van der Waals surface area contributed by atoms with Gasteiger partial charge in [0.25, 0.3) is 0 Å². The van der Waals surface area contributed by atoms with Crippen LogP contribution in [0.4, 0.5) is 0 Å². The molecule has 1 aliphatic heterocycles. The number of ether oxygens (including phenoxy) is 1. The van der Waals surface area contributed by atoms with Crippen molar-refractivity contribution in [2.45, 2.75) is 17.9 Å². The van der Waals surface area contributed by atoms with E-state index in [1.807, 2.05) is 37.3 Å². The molecule has 0 amide bonds. The lowest BCUT2D eigenvalue weighted by Crippen LogP contribution is -2.43. The molecule has 5 nitrogen and oxygen atoms in total. The summed E-state index contributed by atoms with van der Waals surface area (Å²) in [4.78, 5) is 2.49. The molecule has 0 radical (unpaired) electrons. The fraction of sp³-hybridized carbons (Fsp3) is 0.368. The van der Waals surface area contributed by atoms with E-state index in [1.54, 1.807) is 18.2 Å². The van der Waals surface area contributed by atoms with Crippen LogP contribution in [0.15, 0.2) is 57.9 Å². The van der Waals surface area contributed by atoms with Crippen molar-refractivity contribution in [1.29, 1.82) is 0 Å². The van der Waals surface area contributed by atoms with Gasteiger partial charge in [-0.1, -0.05) is 51.8 Å². The number of hydrogen-bond acceptors (Lipinski definition) is 4. The Labute approximate surface area is 175 Å². The normalized spacial score (nSPS) is 16.5. The van der Waals surface area contributed by atoms with Gasteiger partial charge in [0, 0.05) is 24.1 Å². The van der Waals surface area contributed by atoms with Crippen LogP contribution < -0.4 is 4.72 Å². The minimum absolute atomic E-state index is 0. The number of aryl methyl sites for hydroxylation is 1. The van der Waals surface area contributed by atoms with Gasteiger partial charge in [0.15, 0.2) is 0 Å². The van der Waals surface area contributed by atoms with E-state index < -0.39 is 10.0 Å². The highest BCUT2D eigenvalue weighted by Crippen LogP contribution is 2.21. The van der Waals surface area contributed by atoms with Crippen LogP contribution in [0, 0.1) is 6.92 Å². The maximum atomic E-state index is 12.9. The average Bonchev–Trinajstić information content (AvgIpc) is 2.62. The number of nitrogens with zero attached hydrogens (tertiary/aromatic N) is 1. The summed E-state index contributed by atoms with van der Waals surface area (Å²) in [6.45, 7) is 5.60. The summed E-state index contributed by atoms with van der Waals surface area (Å²) in [5.41, 5.74) is 2.11. The topological polar surface area (TPSA) is 58.6 Å². The van der Waals surface area contributed by atoms with Gasteiger partial charge in [0.05, 0.1) is 24.2 Å². The minimum atomic E-state index is -3.63. The molecule has 0 spiro atoms. The molecule has 148 valence electrons. The summed E-state index contributed by atoms with van der Waals surface area (Å²) in [6, 6.07) is 14.4. The van der Waals surface area contributed by atoms with Gasteiger partial charge in [-0.25, -0.2) is 13.1 Å². The summed E-state index contributed by atoms with van der Waals surface area (Å²) in [7, 11) is -3.63. The van der Waals surface area contributed by atoms with Gasteiger partial charge in [-0.05, 0) is 30.7 Å². The highest BCUT2D eigenvalue weighted by molar-refractivity contribution is 9.10. The lowest BCUT2D eigenvalue weighted by atomic mass is 10.1. The smallest absolute Gasteiger partial charge is 0.241 e. The molecule has 0 aliphatic carbocycles. The number of halogens is 2. The Morgan fingerprint density at radius 3 is 2.44 bits per heavy atom. The summed E-state index contributed by atoms with van der Waals surface area (Å²) in [5, 5.41) is 0. The third-order valence-electron chi connectivity index (χ3n) is 4.43. The second kappa shape index (κ2) is 10.0. The van der Waals surface area contributed by atoms with Crippen LogP contribution in [0.5, 0.6) is 0 Å². The molecule has 1 aliphatic rings. The summed E-state index contributed by atoms with van der Waals surface area (Å²) >= 11 is 3.34. The zero-order valence-corrected chi connectivity index (χ0v) is 18.3. The molecule has 0 aromatic heterocycles. The quantitative estimate of drug-likeness (QED) is 0.694. The van der Waals surface area contributed by atoms with Crippen LogP contribution in [0.3, 0.4) is 0 Å². The van der Waals surface area contributed by atoms with Crippen LogP contribution in [0.25, 0.3) is 0 Å². The minimum Gasteiger partial charge on any atom is -0.379 e. The van der Waals surface area contributed by atoms with Gasteiger partial charge in [-0.2, -0.15) is 0 Å². The van der Waals surface area contributed by atoms with Gasteiger partial charge < -0.3 is 4.74 Å². The maximum absolute atomic E-state index is 12.9. The molecule has 0 saturated carbocycles. The first-order valence-electron chi connectivity index (χ1n) is 8.58. The van der Waals surface area contributed by atoms with E-state index in [1.165, 1.54) is 0 Å². The lowest BCUT2D eigenvalue weighted by molar-refractivity contribution is 0.0345. The zero-order chi connectivity index (χ0) is 18.6. The van der Waals surface area contributed by atoms with Gasteiger partial charge in [-0.15, -0.1) is 12.4 Å². The van der Waals surface area contributed by atoms with Crippen molar-refractivity contribution >= 4 is 38.4 Å². The van der Waals surface area contributed by atoms with Crippen LogP contribution in [0.2, 0.25) is 0 Å². The molecule has 1 N–H and O–H groups in total. The Morgan fingerprint density at radius 1 is 1.15 bits per heavy atom. The fourth-order valence-corrected chi connectivity index (χ4v) is 4.75. The van der Waals surface area contributed by atoms with Crippen molar-refractivity contribution in [1.82, 2.24) is 9.62 Å². The average molecular weight is 476 g/mol. The molecular weight excluding hydrogens is 452 g/mol. The van der Waals surface area contributed by atoms with E-state index in [2.05, 4.69) is 25.6 Å². The molecule has 8 heteroatoms. The van der Waals surface area contributed by atoms with E-state index in [4.69, 9.17) is 4.74 Å². The monoisotopic (exact) mass is 474 g/mol. The highest BCUT2D eigenvalue weighted by Gasteiger charge is 2.24. The zero-order valence-electron chi connectivity index (χ0n) is 15.1. The highest BCUT2D eigenvalue weighted by atomic mass is 79.9. The van der Waals surface area contributed by atoms with Crippen LogP contribution in [-0.2, 0) is 14.8 Å². The Morgan fingerprint density at radius 2 is 1.81 bits per heavy atom. The molecular formula is C19H24BrClN2O3S. The molecule has 27 heavy (non-hydrogen) atoms. The number of nitrogens with one attached hydrogen (secondary N) is 1. The van der Waals surface area contributed by atoms with Crippen molar-refractivity contribution in [2.24, 2.45) is 0 Å². The Balaban J connectivity index is 0.00000261. The second-order valence-electron chi connectivity index (χ2n) is 6.45. The van der Waals surface area contributed by atoms with E-state index in [-0.39, 0.29) is 23.3 Å². The number of sulfonamides is 1. The summed E-state index contributed by atoms with van der Waals surface area (Å²) < 4.78 is 34.8. The molecule has 1 atom stereocenters. The van der Waals surface area contributed by atoms with Gasteiger partial charge in [-0.3, -0.25) is 4.90 Å². The van der Waals surface area contributed by atoms with Crippen LogP contribution in [-0.4, -0.2) is 46.2 Å². The lowest BCUT2D eigenvalue weighted by Gasteiger charge is -2.31. The third-order valence-corrected chi connectivity index (χ3v) is 6.39. The standard InChI is InChI=1S/C19H23BrN2O3S.ClH/c1-15-5-7-16(8-6-15)19(14-22-9-11-25-12-10-22)21-26(23,24)18-4-2-3-17(20)13-18;/h2-8,13,19,21H,9-12,14H2,1H3;1H. The van der Waals surface area contributed by atoms with Crippen molar-refractivity contribution in [3.63, 3.8) is 0 Å². The van der Waals surface area contributed by atoms with Crippen LogP contribution >= 0.6 is 28.3 Å². The largest absolute Gasteiger partial charge is 0.379 e. The van der Waals surface area contributed by atoms with Gasteiger partial charge in [0.2, 0.25) is 10.0 Å². The van der Waals surface area contributed by atoms with Gasteiger partial charge in [0.1, 0.15) is 0 Å². The SMILES string of the molecule is Cc1ccc(C(CN2CCOCC2)NS(=O)(=O)c2cccc(Br)c2)cc1.Cl. The molecule has 3 rings (SSSR count). The molecule has 0 bridgehead atoms. The van der Waals surface area contributed by atoms with Crippen molar-refractivity contribution in [2.75, 3.05) is 32.8 Å². The van der Waals surface area contributed by atoms with Crippen molar-refractivity contribution in [3.8, 4) is 0 Å². The van der Waals surface area contributed by atoms with E-state index in [0.717, 1.165) is 28.7 Å². The molecule has 2 aromatic rings. The third kappa shape index (κ3) is 6.27. The van der Waals surface area contributed by atoms with Crippen molar-refractivity contribution in [3.05, 3.63) is 64.1 Å². The van der Waals surface area contributed by atoms with E-state index >= 15 is 0 Å². The number of hydrogen-bond donors (Lipinski definition) is 1. The van der Waals surface area contributed by atoms with E-state index in [0.29, 0.717) is 19.8 Å². The first-order valence-corrected chi connectivity index (χ1v) is 10.9. The number of rotatable bonds is 6. The van der Waals surface area contributed by atoms with E-state index in [9.17, 15) is 8.42 Å². The Hall–Kier alpha value is -0.960. The molecule has 2 aromatic carbocycles. The first kappa shape index (κ1) is 22.3. The fourth-order valence-electron chi connectivity index (χ4n) is 2.94. The Bertz CT molecular complexity index is 840. The van der Waals surface area contributed by atoms with Crippen molar-refractivity contribution < 1.29 is 13.2 Å². The molecule has 1 heterocycles. The number of benzene rings is 2. The molecule has 1 saturated heterocycles. The second-order valence-corrected chi connectivity index (χ2v) is 9.08. The molecule has 1 unspecified atom stereocenters. The predicted octanol–water partition coefficient (Wildman–Crippen LogP) is 3.53. The summed E-state index contributed by atoms with van der Waals surface area (Å²) in [6.07, 6.45) is 0. The number of morpholine rings is 1. The first-order chi connectivity index (χ1) is 12.4. The van der Waals surface area contributed by atoms with Crippen LogP contribution in [0.1, 0.15) is 17.2 Å². The summed E-state index contributed by atoms with van der Waals surface area (Å²) in [5.74, 6) is 0. The Kier molecular flexibility index (Phi) is 8.27. The maximum Gasteiger partial charge on any atom is 0.241 e.